The number of hydrogen-bond donors (Lipinski definition) is 1. The molecule has 0 aliphatic heterocycles. The first kappa shape index (κ1) is 12.8. The Hall–Kier alpha value is -0.220. The van der Waals surface area contributed by atoms with Crippen LogP contribution < -0.4 is 0 Å². The molecule has 0 aliphatic rings. The summed E-state index contributed by atoms with van der Waals surface area (Å²) in [6.07, 6.45) is 0.243. The Bertz CT molecular complexity index is 183. The number of carbonyl (C=O) groups is 1. The third-order valence-corrected chi connectivity index (χ3v) is 3.47. The zero-order valence-electron chi connectivity index (χ0n) is 7.80. The molecule has 0 aromatic rings. The van der Waals surface area contributed by atoms with E-state index in [2.05, 4.69) is 0 Å². The minimum absolute atomic E-state index is 0.174. The fourth-order valence-electron chi connectivity index (χ4n) is 0.784. The molecule has 0 bridgehead atoms. The molecule has 1 N–H and O–H groups in total. The maximum absolute atomic E-state index is 11.6. The molecule has 0 aromatic carbocycles. The van der Waals surface area contributed by atoms with Crippen LogP contribution in [0.25, 0.3) is 0 Å². The third kappa shape index (κ3) is 4.00. The van der Waals surface area contributed by atoms with Crippen molar-refractivity contribution in [2.75, 3.05) is 13.2 Å². The molecule has 0 rings (SSSR count). The fourth-order valence-corrected chi connectivity index (χ4v) is 2.27. The highest BCUT2D eigenvalue weighted by Crippen LogP contribution is 2.52. The summed E-state index contributed by atoms with van der Waals surface area (Å²) < 4.78 is 21.3. The van der Waals surface area contributed by atoms with Gasteiger partial charge < -0.3 is 18.9 Å². The molecule has 1 unspecified atom stereocenters. The summed E-state index contributed by atoms with van der Waals surface area (Å²) in [5.74, 6) is -1.36. The van der Waals surface area contributed by atoms with Gasteiger partial charge in [-0.25, -0.2) is 0 Å². The van der Waals surface area contributed by atoms with Crippen molar-refractivity contribution < 1.29 is 23.5 Å². The van der Waals surface area contributed by atoms with E-state index in [1.54, 1.807) is 13.8 Å². The molecule has 0 heterocycles. The Morgan fingerprint density at radius 1 is 1.38 bits per heavy atom. The normalized spacial score (nSPS) is 14.1. The van der Waals surface area contributed by atoms with Gasteiger partial charge in [0.15, 0.2) is 5.85 Å². The number of aldehydes is 1. The molecule has 1 atom stereocenters. The van der Waals surface area contributed by atoms with Gasteiger partial charge >= 0.3 is 7.60 Å². The Kier molecular flexibility index (Phi) is 6.16. The highest BCUT2D eigenvalue weighted by atomic mass is 31.2. The topological polar surface area (TPSA) is 72.8 Å². The summed E-state index contributed by atoms with van der Waals surface area (Å²) in [5.41, 5.74) is 0. The lowest BCUT2D eigenvalue weighted by Gasteiger charge is -2.20. The van der Waals surface area contributed by atoms with E-state index in [4.69, 9.17) is 9.05 Å². The quantitative estimate of drug-likeness (QED) is 0.504. The van der Waals surface area contributed by atoms with Gasteiger partial charge in [0.1, 0.15) is 6.29 Å². The van der Waals surface area contributed by atoms with Gasteiger partial charge in [-0.3, -0.25) is 4.57 Å². The molecule has 5 nitrogen and oxygen atoms in total. The zero-order chi connectivity index (χ0) is 10.3. The number of aliphatic hydroxyl groups is 1. The molecule has 0 radical (unpaired) electrons. The monoisotopic (exact) mass is 210 g/mol. The summed E-state index contributed by atoms with van der Waals surface area (Å²) >= 11 is 0. The van der Waals surface area contributed by atoms with Gasteiger partial charge in [0.2, 0.25) is 0 Å². The molecule has 0 amide bonds. The highest BCUT2D eigenvalue weighted by molar-refractivity contribution is 7.54. The van der Waals surface area contributed by atoms with Crippen LogP contribution in [0.3, 0.4) is 0 Å². The minimum Gasteiger partial charge on any atom is -0.380 e. The molecule has 0 fully saturated rings. The van der Waals surface area contributed by atoms with Crippen LogP contribution in [0.1, 0.15) is 20.3 Å². The van der Waals surface area contributed by atoms with Gasteiger partial charge in [-0.2, -0.15) is 0 Å². The molecule has 6 heteroatoms. The molecule has 0 aliphatic carbocycles. The smallest absolute Gasteiger partial charge is 0.359 e. The first-order valence-electron chi connectivity index (χ1n) is 4.11. The van der Waals surface area contributed by atoms with Crippen LogP contribution in [0.15, 0.2) is 0 Å². The Labute approximate surface area is 77.6 Å². The van der Waals surface area contributed by atoms with Crippen LogP contribution in [0.4, 0.5) is 0 Å². The van der Waals surface area contributed by atoms with Crippen LogP contribution in [0.5, 0.6) is 0 Å². The van der Waals surface area contributed by atoms with Crippen LogP contribution in [0.2, 0.25) is 0 Å². The highest BCUT2D eigenvalue weighted by Gasteiger charge is 2.33. The first-order chi connectivity index (χ1) is 6.10. The van der Waals surface area contributed by atoms with Crippen molar-refractivity contribution >= 4 is 13.9 Å². The second-order valence-electron chi connectivity index (χ2n) is 2.26. The lowest BCUT2D eigenvalue weighted by atomic mass is 10.5. The molecule has 78 valence electrons. The maximum Gasteiger partial charge on any atom is 0.359 e. The van der Waals surface area contributed by atoms with Crippen molar-refractivity contribution in [2.24, 2.45) is 0 Å². The Balaban J connectivity index is 4.36. The van der Waals surface area contributed by atoms with E-state index in [1.807, 2.05) is 0 Å². The fraction of sp³-hybridized carbons (Fsp3) is 0.857. The van der Waals surface area contributed by atoms with Gasteiger partial charge in [0.05, 0.1) is 13.2 Å². The van der Waals surface area contributed by atoms with Crippen molar-refractivity contribution in [1.29, 1.82) is 0 Å². The van der Waals surface area contributed by atoms with Crippen molar-refractivity contribution in [1.82, 2.24) is 0 Å². The first-order valence-corrected chi connectivity index (χ1v) is 5.72. The Morgan fingerprint density at radius 2 is 1.85 bits per heavy atom. The molecule has 0 aromatic heterocycles. The van der Waals surface area contributed by atoms with E-state index in [-0.39, 0.29) is 19.6 Å². The summed E-state index contributed by atoms with van der Waals surface area (Å²) in [6.45, 7) is 3.62. The number of aliphatic hydroxyl groups excluding tert-OH is 1. The van der Waals surface area contributed by atoms with Gasteiger partial charge in [-0.05, 0) is 13.8 Å². The zero-order valence-corrected chi connectivity index (χ0v) is 8.70. The predicted octanol–water partition coefficient (Wildman–Crippen LogP) is 1.16. The van der Waals surface area contributed by atoms with Crippen LogP contribution in [-0.4, -0.2) is 30.5 Å². The summed E-state index contributed by atoms with van der Waals surface area (Å²) in [4.78, 5) is 10.1. The summed E-state index contributed by atoms with van der Waals surface area (Å²) in [7, 11) is -3.50. The second kappa shape index (κ2) is 6.27. The van der Waals surface area contributed by atoms with Crippen molar-refractivity contribution in [3.8, 4) is 0 Å². The van der Waals surface area contributed by atoms with E-state index < -0.39 is 13.4 Å². The van der Waals surface area contributed by atoms with Crippen LogP contribution in [-0.2, 0) is 18.4 Å². The largest absolute Gasteiger partial charge is 0.380 e. The Morgan fingerprint density at radius 3 is 2.15 bits per heavy atom. The number of carbonyl (C=O) groups excluding carboxylic acids is 1. The summed E-state index contributed by atoms with van der Waals surface area (Å²) in [5, 5.41) is 9.29. The molecule has 13 heavy (non-hydrogen) atoms. The molecular formula is C7H15O5P. The van der Waals surface area contributed by atoms with E-state index in [0.29, 0.717) is 6.29 Å². The molecule has 0 saturated heterocycles. The van der Waals surface area contributed by atoms with Crippen molar-refractivity contribution in [3.63, 3.8) is 0 Å². The maximum atomic E-state index is 11.6. The summed E-state index contributed by atoms with van der Waals surface area (Å²) in [6, 6.07) is 0. The van der Waals surface area contributed by atoms with Crippen LogP contribution >= 0.6 is 7.60 Å². The van der Waals surface area contributed by atoms with Crippen molar-refractivity contribution in [3.05, 3.63) is 0 Å². The van der Waals surface area contributed by atoms with Crippen LogP contribution in [0, 0.1) is 0 Å². The lowest BCUT2D eigenvalue weighted by Crippen LogP contribution is -2.13. The van der Waals surface area contributed by atoms with Gasteiger partial charge in [0.25, 0.3) is 0 Å². The molecule has 0 spiro atoms. The van der Waals surface area contributed by atoms with E-state index in [0.717, 1.165) is 0 Å². The third-order valence-electron chi connectivity index (χ3n) is 1.29. The van der Waals surface area contributed by atoms with Crippen molar-refractivity contribution in [2.45, 2.75) is 26.1 Å². The molecular weight excluding hydrogens is 195 g/mol. The average molecular weight is 210 g/mol. The second-order valence-corrected chi connectivity index (χ2v) is 4.45. The van der Waals surface area contributed by atoms with E-state index in [9.17, 15) is 14.5 Å². The van der Waals surface area contributed by atoms with E-state index >= 15 is 0 Å². The number of hydrogen-bond acceptors (Lipinski definition) is 5. The SMILES string of the molecule is CCOP(=O)(OCC)C(O)CC=O. The van der Waals surface area contributed by atoms with E-state index in [1.165, 1.54) is 0 Å². The van der Waals surface area contributed by atoms with Gasteiger partial charge in [0, 0.05) is 6.42 Å². The molecule has 0 saturated carbocycles. The van der Waals surface area contributed by atoms with Gasteiger partial charge in [-0.1, -0.05) is 0 Å². The lowest BCUT2D eigenvalue weighted by molar-refractivity contribution is -0.109. The van der Waals surface area contributed by atoms with Gasteiger partial charge in [-0.15, -0.1) is 0 Å². The number of rotatable bonds is 7. The minimum atomic E-state index is -3.50. The predicted molar refractivity (Wildman–Crippen MR) is 47.5 cm³/mol. The standard InChI is InChI=1S/C7H15O5P/c1-3-11-13(10,12-4-2)7(9)5-6-8/h6-7,9H,3-5H2,1-2H3. The average Bonchev–Trinajstić information content (AvgIpc) is 2.05.